The van der Waals surface area contributed by atoms with Gasteiger partial charge in [0.15, 0.2) is 6.19 Å². The smallest absolute Gasteiger partial charge is 0.370 e. The molecule has 1 heterocycles. The Morgan fingerprint density at radius 2 is 2.13 bits per heavy atom. The molecule has 1 aliphatic rings. The molecule has 0 aliphatic carbocycles. The molecule has 0 saturated heterocycles. The highest BCUT2D eigenvalue weighted by atomic mass is 16.5. The van der Waals surface area contributed by atoms with Crippen molar-refractivity contribution in [1.29, 1.82) is 5.26 Å². The largest absolute Gasteiger partial charge is 0.480 e. The number of hydrogen-bond acceptors (Lipinski definition) is 8. The van der Waals surface area contributed by atoms with Crippen molar-refractivity contribution < 1.29 is 34.8 Å². The van der Waals surface area contributed by atoms with Gasteiger partial charge in [-0.15, -0.1) is 0 Å². The summed E-state index contributed by atoms with van der Waals surface area (Å²) in [7, 11) is 0. The summed E-state index contributed by atoms with van der Waals surface area (Å²) in [5.41, 5.74) is 0. The molecule has 1 aliphatic heterocycles. The third-order valence-corrected chi connectivity index (χ3v) is 3.42. The number of aliphatic carboxylic acids is 1. The summed E-state index contributed by atoms with van der Waals surface area (Å²) in [6, 6.07) is -0.850. The van der Waals surface area contributed by atoms with E-state index in [9.17, 15) is 19.8 Å². The summed E-state index contributed by atoms with van der Waals surface area (Å²) in [6.07, 6.45) is -1.64. The van der Waals surface area contributed by atoms with Crippen LogP contribution in [0.15, 0.2) is 11.8 Å². The van der Waals surface area contributed by atoms with Crippen LogP contribution in [0.3, 0.4) is 0 Å². The van der Waals surface area contributed by atoms with Crippen molar-refractivity contribution in [1.82, 2.24) is 10.6 Å². The Morgan fingerprint density at radius 1 is 1.48 bits per heavy atom. The van der Waals surface area contributed by atoms with Crippen molar-refractivity contribution >= 4 is 11.9 Å². The van der Waals surface area contributed by atoms with Crippen LogP contribution in [-0.4, -0.2) is 69.8 Å². The lowest BCUT2D eigenvalue weighted by Gasteiger charge is -2.39. The number of nitrogens with one attached hydrogen (secondary N) is 2. The van der Waals surface area contributed by atoms with Gasteiger partial charge in [0.1, 0.15) is 18.3 Å². The lowest BCUT2D eigenvalue weighted by molar-refractivity contribution is -0.148. The standard InChI is InChI=1S/C13H19N3O7/c1-6(18)15-3-7-8(16-5-14)2-10(13(21)22)23-12(7)11(20)9(19)4-17/h2,7-9,11-12,16-17,19-20H,3-4H2,1H3,(H,15,18)(H,21,22). The number of aliphatic hydroxyl groups excluding tert-OH is 3. The van der Waals surface area contributed by atoms with Gasteiger partial charge in [0.05, 0.1) is 12.6 Å². The summed E-state index contributed by atoms with van der Waals surface area (Å²) >= 11 is 0. The van der Waals surface area contributed by atoms with Crippen molar-refractivity contribution in [3.8, 4) is 6.19 Å². The zero-order chi connectivity index (χ0) is 17.6. The number of amides is 1. The normalized spacial score (nSPS) is 26.0. The molecule has 0 fully saturated rings. The Kier molecular flexibility index (Phi) is 6.77. The lowest BCUT2D eigenvalue weighted by Crippen LogP contribution is -2.56. The predicted molar refractivity (Wildman–Crippen MR) is 74.4 cm³/mol. The molecule has 5 atom stereocenters. The van der Waals surface area contributed by atoms with Gasteiger partial charge in [-0.3, -0.25) is 4.79 Å². The molecule has 6 N–H and O–H groups in total. The molecule has 0 aromatic heterocycles. The fourth-order valence-electron chi connectivity index (χ4n) is 2.26. The third-order valence-electron chi connectivity index (χ3n) is 3.42. The number of nitriles is 1. The fourth-order valence-corrected chi connectivity index (χ4v) is 2.26. The van der Waals surface area contributed by atoms with Gasteiger partial charge >= 0.3 is 5.97 Å². The van der Waals surface area contributed by atoms with Gasteiger partial charge in [0.2, 0.25) is 11.7 Å². The van der Waals surface area contributed by atoms with E-state index in [1.54, 1.807) is 6.19 Å². The molecule has 0 saturated carbocycles. The first-order valence-corrected chi connectivity index (χ1v) is 6.79. The van der Waals surface area contributed by atoms with Gasteiger partial charge in [-0.25, -0.2) is 4.79 Å². The first-order valence-electron chi connectivity index (χ1n) is 6.79. The van der Waals surface area contributed by atoms with E-state index < -0.39 is 48.6 Å². The second-order valence-electron chi connectivity index (χ2n) is 5.04. The number of carbonyl (C=O) groups is 2. The summed E-state index contributed by atoms with van der Waals surface area (Å²) < 4.78 is 5.19. The van der Waals surface area contributed by atoms with Crippen LogP contribution in [0.25, 0.3) is 0 Å². The minimum Gasteiger partial charge on any atom is -0.480 e. The van der Waals surface area contributed by atoms with Crippen LogP contribution in [-0.2, 0) is 14.3 Å². The Hall–Kier alpha value is -2.35. The summed E-state index contributed by atoms with van der Waals surface area (Å²) in [5.74, 6) is -3.04. The Bertz CT molecular complexity index is 516. The van der Waals surface area contributed by atoms with Gasteiger partial charge in [-0.2, -0.15) is 5.26 Å². The average molecular weight is 329 g/mol. The zero-order valence-electron chi connectivity index (χ0n) is 12.3. The highest BCUT2D eigenvalue weighted by Gasteiger charge is 2.43. The van der Waals surface area contributed by atoms with Crippen molar-refractivity contribution in [2.45, 2.75) is 31.3 Å². The van der Waals surface area contributed by atoms with Crippen molar-refractivity contribution in [3.63, 3.8) is 0 Å². The molecule has 0 spiro atoms. The SMILES string of the molecule is CC(=O)NCC1C(NC#N)C=C(C(=O)O)OC1C(O)C(O)CO. The molecule has 0 aromatic rings. The predicted octanol–water partition coefficient (Wildman–Crippen LogP) is -2.74. The van der Waals surface area contributed by atoms with E-state index in [4.69, 9.17) is 20.2 Å². The molecule has 1 rings (SSSR count). The van der Waals surface area contributed by atoms with Crippen LogP contribution in [0.5, 0.6) is 0 Å². The second-order valence-corrected chi connectivity index (χ2v) is 5.04. The summed E-state index contributed by atoms with van der Waals surface area (Å²) in [4.78, 5) is 22.2. The second kappa shape index (κ2) is 8.33. The quantitative estimate of drug-likeness (QED) is 0.214. The fraction of sp³-hybridized carbons (Fsp3) is 0.615. The van der Waals surface area contributed by atoms with Gasteiger partial charge < -0.3 is 35.8 Å². The summed E-state index contributed by atoms with van der Waals surface area (Å²) in [5, 5.41) is 51.3. The number of ether oxygens (including phenoxy) is 1. The minimum absolute atomic E-state index is 0.0437. The number of carboxylic acids is 1. The van der Waals surface area contributed by atoms with Crippen LogP contribution < -0.4 is 10.6 Å². The van der Waals surface area contributed by atoms with E-state index in [0.717, 1.165) is 6.08 Å². The molecule has 1 amide bonds. The first-order chi connectivity index (χ1) is 10.8. The van der Waals surface area contributed by atoms with E-state index in [2.05, 4.69) is 10.6 Å². The van der Waals surface area contributed by atoms with Crippen molar-refractivity contribution in [2.24, 2.45) is 5.92 Å². The average Bonchev–Trinajstić information content (AvgIpc) is 2.51. The van der Waals surface area contributed by atoms with Crippen LogP contribution in [0.2, 0.25) is 0 Å². The molecule has 5 unspecified atom stereocenters. The highest BCUT2D eigenvalue weighted by molar-refractivity contribution is 5.84. The van der Waals surface area contributed by atoms with Crippen LogP contribution in [0.4, 0.5) is 0 Å². The molecular weight excluding hydrogens is 310 g/mol. The lowest BCUT2D eigenvalue weighted by atomic mass is 9.85. The van der Waals surface area contributed by atoms with Crippen LogP contribution in [0.1, 0.15) is 6.92 Å². The Labute approximate surface area is 132 Å². The van der Waals surface area contributed by atoms with Gasteiger partial charge in [-0.05, 0) is 6.08 Å². The van der Waals surface area contributed by atoms with Crippen molar-refractivity contribution in [2.75, 3.05) is 13.2 Å². The zero-order valence-corrected chi connectivity index (χ0v) is 12.3. The molecular formula is C13H19N3O7. The van der Waals surface area contributed by atoms with E-state index in [1.165, 1.54) is 6.92 Å². The number of carboxylic acid groups (broad SMARTS) is 1. The molecule has 0 radical (unpaired) electrons. The number of rotatable bonds is 7. The van der Waals surface area contributed by atoms with E-state index in [-0.39, 0.29) is 12.5 Å². The molecule has 0 aromatic carbocycles. The Morgan fingerprint density at radius 3 is 2.61 bits per heavy atom. The minimum atomic E-state index is -1.62. The van der Waals surface area contributed by atoms with Gasteiger partial charge in [0.25, 0.3) is 0 Å². The molecule has 10 nitrogen and oxygen atoms in total. The third kappa shape index (κ3) is 4.82. The number of aliphatic hydroxyl groups is 3. The molecule has 0 bridgehead atoms. The topological polar surface area (TPSA) is 172 Å². The highest BCUT2D eigenvalue weighted by Crippen LogP contribution is 2.27. The van der Waals surface area contributed by atoms with E-state index in [1.807, 2.05) is 0 Å². The summed E-state index contributed by atoms with van der Waals surface area (Å²) in [6.45, 7) is 0.456. The molecule has 23 heavy (non-hydrogen) atoms. The van der Waals surface area contributed by atoms with Gasteiger partial charge in [0, 0.05) is 19.4 Å². The van der Waals surface area contributed by atoms with E-state index >= 15 is 0 Å². The maximum atomic E-state index is 11.1. The maximum Gasteiger partial charge on any atom is 0.370 e. The number of hydrogen-bond donors (Lipinski definition) is 6. The molecule has 128 valence electrons. The monoisotopic (exact) mass is 329 g/mol. The van der Waals surface area contributed by atoms with E-state index in [0.29, 0.717) is 0 Å². The maximum absolute atomic E-state index is 11.1. The Balaban J connectivity index is 3.13. The van der Waals surface area contributed by atoms with Crippen LogP contribution in [0, 0.1) is 17.4 Å². The number of nitrogens with zero attached hydrogens (tertiary/aromatic N) is 1. The molecule has 10 heteroatoms. The van der Waals surface area contributed by atoms with Crippen molar-refractivity contribution in [3.05, 3.63) is 11.8 Å². The first kappa shape index (κ1) is 18.7. The van der Waals surface area contributed by atoms with Gasteiger partial charge in [-0.1, -0.05) is 0 Å². The van der Waals surface area contributed by atoms with Crippen LogP contribution >= 0.6 is 0 Å². The number of carbonyl (C=O) groups excluding carboxylic acids is 1.